The summed E-state index contributed by atoms with van der Waals surface area (Å²) in [5, 5.41) is 2.28. The maximum absolute atomic E-state index is 5.10. The molecule has 8 aromatic carbocycles. The summed E-state index contributed by atoms with van der Waals surface area (Å²) >= 11 is 0. The molecular formula is C64H53N3. The average molecular weight is 864 g/mol. The molecule has 9 aromatic rings. The van der Waals surface area contributed by atoms with Crippen molar-refractivity contribution in [3.8, 4) is 33.5 Å². The lowest BCUT2D eigenvalue weighted by molar-refractivity contribution is 0.631. The average Bonchev–Trinajstić information content (AvgIpc) is 3.58. The molecule has 0 radical (unpaired) electrons. The first kappa shape index (κ1) is 40.7. The molecule has 1 aliphatic carbocycles. The molecule has 0 amide bonds. The monoisotopic (exact) mass is 863 g/mol. The van der Waals surface area contributed by atoms with Crippen molar-refractivity contribution in [1.82, 2.24) is 4.98 Å². The van der Waals surface area contributed by atoms with Gasteiger partial charge in [-0.2, -0.15) is 0 Å². The zero-order chi connectivity index (χ0) is 45.8. The van der Waals surface area contributed by atoms with Crippen LogP contribution in [0.5, 0.6) is 0 Å². The van der Waals surface area contributed by atoms with Crippen LogP contribution in [0.25, 0.3) is 56.4 Å². The summed E-state index contributed by atoms with van der Waals surface area (Å²) in [7, 11) is 0. The number of pyridine rings is 1. The number of rotatable bonds is 6. The van der Waals surface area contributed by atoms with Crippen molar-refractivity contribution >= 4 is 51.4 Å². The van der Waals surface area contributed by atoms with Crippen LogP contribution < -0.4 is 9.80 Å². The summed E-state index contributed by atoms with van der Waals surface area (Å²) in [6.45, 7) is 18.7. The third kappa shape index (κ3) is 5.93. The maximum Gasteiger partial charge on any atom is 0.0714 e. The highest BCUT2D eigenvalue weighted by Gasteiger charge is 2.39. The number of anilines is 5. The molecule has 0 bridgehead atoms. The Labute approximate surface area is 395 Å². The van der Waals surface area contributed by atoms with E-state index in [1.807, 2.05) is 12.3 Å². The minimum Gasteiger partial charge on any atom is -0.317 e. The highest BCUT2D eigenvalue weighted by atomic mass is 15.2. The Morgan fingerprint density at radius 1 is 0.448 bits per heavy atom. The van der Waals surface area contributed by atoms with Crippen LogP contribution in [0.15, 0.2) is 195 Å². The van der Waals surface area contributed by atoms with Gasteiger partial charge < -0.3 is 9.80 Å². The molecule has 324 valence electrons. The summed E-state index contributed by atoms with van der Waals surface area (Å²) in [4.78, 5) is 9.95. The van der Waals surface area contributed by atoms with Gasteiger partial charge in [-0.05, 0) is 138 Å². The van der Waals surface area contributed by atoms with Gasteiger partial charge in [-0.15, -0.1) is 0 Å². The Kier molecular flexibility index (Phi) is 9.05. The van der Waals surface area contributed by atoms with Gasteiger partial charge in [0.1, 0.15) is 0 Å². The molecule has 3 aliphatic rings. The van der Waals surface area contributed by atoms with E-state index >= 15 is 0 Å². The fraction of sp³-hybridized carbons (Fsp3) is 0.141. The number of fused-ring (bicyclic) bond motifs is 8. The van der Waals surface area contributed by atoms with Crippen molar-refractivity contribution < 1.29 is 0 Å². The summed E-state index contributed by atoms with van der Waals surface area (Å²) in [5.74, 6) is 0. The molecule has 0 saturated carbocycles. The Balaban J connectivity index is 1.17. The third-order valence-electron chi connectivity index (χ3n) is 15.3. The highest BCUT2D eigenvalue weighted by molar-refractivity contribution is 6.13. The standard InChI is InChI=1S/C64H53N3/c1-8-43-47(36-38-66-56-28-15-11-23-50(56)63(4,5)51-24-12-16-29-57(51)66)60(41-32-34-45-44-21-9-10-22-49(44)62(2,3)54(45)39-41)46-35-33-42(40-48(46)61(43)55-27-19-20-37-65-55)67-58-30-17-13-25-52(58)64(6,7)53-26-14-18-31-59(53)67/h8-40H,1H2,2-7H3/b38-36+. The molecule has 0 saturated heterocycles. The van der Waals surface area contributed by atoms with Gasteiger partial charge in [0.25, 0.3) is 0 Å². The number of nitrogens with zero attached hydrogens (tertiary/aromatic N) is 3. The normalized spacial score (nSPS) is 15.6. The minimum atomic E-state index is -0.174. The molecule has 12 rings (SSSR count). The van der Waals surface area contributed by atoms with Crippen molar-refractivity contribution in [2.24, 2.45) is 0 Å². The molecule has 0 N–H and O–H groups in total. The smallest absolute Gasteiger partial charge is 0.0714 e. The number of para-hydroxylation sites is 4. The van der Waals surface area contributed by atoms with Crippen LogP contribution in [0.4, 0.5) is 28.4 Å². The summed E-state index contributed by atoms with van der Waals surface area (Å²) in [6.07, 6.45) is 8.59. The SMILES string of the molecule is C=Cc1c(/C=C/N2c3ccccc3C(C)(C)c3ccccc32)c(-c2ccc3c(c2)C(C)(C)c2ccccc2-3)c2ccc(N3c4ccccc4C(C)(C)c4ccccc43)cc2c1-c1ccccn1. The fourth-order valence-electron chi connectivity index (χ4n) is 12.0. The molecule has 3 heteroatoms. The summed E-state index contributed by atoms with van der Waals surface area (Å²) in [5.41, 5.74) is 22.3. The van der Waals surface area contributed by atoms with Gasteiger partial charge >= 0.3 is 0 Å². The van der Waals surface area contributed by atoms with E-state index in [1.165, 1.54) is 78.4 Å². The van der Waals surface area contributed by atoms with Crippen LogP contribution in [0.2, 0.25) is 0 Å². The Morgan fingerprint density at radius 3 is 1.57 bits per heavy atom. The van der Waals surface area contributed by atoms with Crippen LogP contribution >= 0.6 is 0 Å². The lowest BCUT2D eigenvalue weighted by Crippen LogP contribution is -2.30. The lowest BCUT2D eigenvalue weighted by Gasteiger charge is -2.42. The van der Waals surface area contributed by atoms with Gasteiger partial charge in [-0.3, -0.25) is 4.98 Å². The van der Waals surface area contributed by atoms with E-state index in [9.17, 15) is 0 Å². The van der Waals surface area contributed by atoms with E-state index in [-0.39, 0.29) is 16.2 Å². The van der Waals surface area contributed by atoms with Crippen LogP contribution in [0, 0.1) is 0 Å². The number of benzene rings is 8. The number of aromatic nitrogens is 1. The van der Waals surface area contributed by atoms with Crippen molar-refractivity contribution in [1.29, 1.82) is 0 Å². The molecule has 3 heterocycles. The molecule has 67 heavy (non-hydrogen) atoms. The maximum atomic E-state index is 5.10. The first-order valence-corrected chi connectivity index (χ1v) is 23.6. The van der Waals surface area contributed by atoms with Crippen LogP contribution in [0.1, 0.15) is 86.1 Å². The summed E-state index contributed by atoms with van der Waals surface area (Å²) in [6, 6.07) is 64.9. The predicted octanol–water partition coefficient (Wildman–Crippen LogP) is 17.1. The molecule has 3 nitrogen and oxygen atoms in total. The predicted molar refractivity (Wildman–Crippen MR) is 283 cm³/mol. The van der Waals surface area contributed by atoms with Crippen LogP contribution in [0.3, 0.4) is 0 Å². The number of hydrogen-bond acceptors (Lipinski definition) is 3. The zero-order valence-corrected chi connectivity index (χ0v) is 39.1. The van der Waals surface area contributed by atoms with Gasteiger partial charge in [0.15, 0.2) is 0 Å². The fourth-order valence-corrected chi connectivity index (χ4v) is 12.0. The van der Waals surface area contributed by atoms with Crippen molar-refractivity contribution in [3.63, 3.8) is 0 Å². The minimum absolute atomic E-state index is 0.165. The quantitative estimate of drug-likeness (QED) is 0.166. The van der Waals surface area contributed by atoms with E-state index in [0.717, 1.165) is 38.8 Å². The molecule has 0 spiro atoms. The Bertz CT molecular complexity index is 3430. The molecular weight excluding hydrogens is 811 g/mol. The second-order valence-corrected chi connectivity index (χ2v) is 20.0. The molecule has 0 fully saturated rings. The molecule has 1 aromatic heterocycles. The first-order valence-electron chi connectivity index (χ1n) is 23.6. The van der Waals surface area contributed by atoms with E-state index in [1.54, 1.807) is 0 Å². The topological polar surface area (TPSA) is 19.4 Å². The van der Waals surface area contributed by atoms with Crippen molar-refractivity contribution in [2.75, 3.05) is 9.80 Å². The Hall–Kier alpha value is -7.75. The van der Waals surface area contributed by atoms with Gasteiger partial charge in [-0.25, -0.2) is 0 Å². The van der Waals surface area contributed by atoms with Gasteiger partial charge in [-0.1, -0.05) is 176 Å². The van der Waals surface area contributed by atoms with E-state index in [2.05, 4.69) is 246 Å². The van der Waals surface area contributed by atoms with E-state index < -0.39 is 0 Å². The second-order valence-electron chi connectivity index (χ2n) is 20.0. The van der Waals surface area contributed by atoms with E-state index in [4.69, 9.17) is 4.98 Å². The second kappa shape index (κ2) is 14.9. The van der Waals surface area contributed by atoms with Crippen LogP contribution in [-0.4, -0.2) is 4.98 Å². The third-order valence-corrected chi connectivity index (χ3v) is 15.3. The first-order chi connectivity index (χ1) is 32.5. The molecule has 2 aliphatic heterocycles. The van der Waals surface area contributed by atoms with Gasteiger partial charge in [0, 0.05) is 51.3 Å². The van der Waals surface area contributed by atoms with Gasteiger partial charge in [0.05, 0.1) is 17.1 Å². The van der Waals surface area contributed by atoms with E-state index in [0.29, 0.717) is 0 Å². The zero-order valence-electron chi connectivity index (χ0n) is 39.1. The number of hydrogen-bond donors (Lipinski definition) is 0. The van der Waals surface area contributed by atoms with Crippen LogP contribution in [-0.2, 0) is 16.2 Å². The lowest BCUT2D eigenvalue weighted by atomic mass is 9.73. The molecule has 0 atom stereocenters. The van der Waals surface area contributed by atoms with Crippen molar-refractivity contribution in [2.45, 2.75) is 57.8 Å². The largest absolute Gasteiger partial charge is 0.317 e. The summed E-state index contributed by atoms with van der Waals surface area (Å²) < 4.78 is 0. The highest BCUT2D eigenvalue weighted by Crippen LogP contribution is 2.55. The van der Waals surface area contributed by atoms with Crippen molar-refractivity contribution in [3.05, 3.63) is 239 Å². The Morgan fingerprint density at radius 2 is 0.970 bits per heavy atom. The van der Waals surface area contributed by atoms with Gasteiger partial charge in [0.2, 0.25) is 0 Å². The molecule has 0 unspecified atom stereocenters.